The van der Waals surface area contributed by atoms with Gasteiger partial charge in [-0.1, -0.05) is 56.4 Å². The smallest absolute Gasteiger partial charge is 0.251 e. The quantitative estimate of drug-likeness (QED) is 0.273. The summed E-state index contributed by atoms with van der Waals surface area (Å²) in [6, 6.07) is 8.50. The molecule has 1 aromatic carbocycles. The molecule has 3 aromatic rings. The summed E-state index contributed by atoms with van der Waals surface area (Å²) in [6.45, 7) is 3.34. The van der Waals surface area contributed by atoms with Crippen LogP contribution in [0.4, 0.5) is 5.95 Å². The van der Waals surface area contributed by atoms with Gasteiger partial charge >= 0.3 is 0 Å². The Bertz CT molecular complexity index is 1100. The van der Waals surface area contributed by atoms with Crippen molar-refractivity contribution in [1.82, 2.24) is 29.9 Å². The van der Waals surface area contributed by atoms with Gasteiger partial charge in [-0.15, -0.1) is 5.10 Å². The number of nitrogens with two attached hydrogens (primary N) is 1. The van der Waals surface area contributed by atoms with Crippen LogP contribution in [0.3, 0.4) is 0 Å². The van der Waals surface area contributed by atoms with E-state index in [0.29, 0.717) is 30.6 Å². The highest BCUT2D eigenvalue weighted by Crippen LogP contribution is 2.31. The van der Waals surface area contributed by atoms with Crippen LogP contribution in [0, 0.1) is 0 Å². The molecule has 2 heterocycles. The minimum Gasteiger partial charge on any atom is -0.369 e. The van der Waals surface area contributed by atoms with E-state index in [1.165, 1.54) is 50.5 Å². The first-order valence-corrected chi connectivity index (χ1v) is 14.2. The van der Waals surface area contributed by atoms with Crippen molar-refractivity contribution in [2.45, 2.75) is 103 Å². The molecule has 8 nitrogen and oxygen atoms in total. The van der Waals surface area contributed by atoms with Crippen LogP contribution in [-0.4, -0.2) is 37.0 Å². The first-order valence-electron chi connectivity index (χ1n) is 14.2. The fraction of sp³-hybridized carbons (Fsp3) is 0.586. The Balaban J connectivity index is 1.10. The number of rotatable bonds is 15. The Labute approximate surface area is 221 Å². The van der Waals surface area contributed by atoms with Gasteiger partial charge in [0.25, 0.3) is 5.91 Å². The molecule has 0 aliphatic heterocycles. The van der Waals surface area contributed by atoms with Crippen LogP contribution in [0.5, 0.6) is 0 Å². The van der Waals surface area contributed by atoms with Gasteiger partial charge in [-0.05, 0) is 69.1 Å². The summed E-state index contributed by atoms with van der Waals surface area (Å²) >= 11 is 0. The Morgan fingerprint density at radius 2 is 1.70 bits per heavy atom. The van der Waals surface area contributed by atoms with E-state index in [1.807, 2.05) is 23.0 Å². The molecule has 4 rings (SSSR count). The zero-order valence-electron chi connectivity index (χ0n) is 22.4. The number of nitrogens with one attached hydrogen (secondary N) is 1. The molecule has 0 spiro atoms. The maximum Gasteiger partial charge on any atom is 0.251 e. The van der Waals surface area contributed by atoms with Gasteiger partial charge in [0.15, 0.2) is 0 Å². The van der Waals surface area contributed by atoms with E-state index < -0.39 is 0 Å². The molecule has 8 heteroatoms. The van der Waals surface area contributed by atoms with E-state index in [-0.39, 0.29) is 5.91 Å². The zero-order chi connectivity index (χ0) is 25.9. The van der Waals surface area contributed by atoms with Gasteiger partial charge in [-0.2, -0.15) is 0 Å². The van der Waals surface area contributed by atoms with Crippen LogP contribution in [0.25, 0.3) is 0 Å². The molecule has 1 amide bonds. The topological polar surface area (TPSA) is 104 Å². The summed E-state index contributed by atoms with van der Waals surface area (Å²) < 4.78 is 4.00. The van der Waals surface area contributed by atoms with Crippen molar-refractivity contribution < 1.29 is 4.79 Å². The number of nitrogens with zero attached hydrogens (tertiary/aromatic N) is 5. The minimum atomic E-state index is -0.0460. The molecule has 0 radical (unpaired) electrons. The van der Waals surface area contributed by atoms with Gasteiger partial charge in [0.2, 0.25) is 5.95 Å². The van der Waals surface area contributed by atoms with Crippen LogP contribution >= 0.6 is 0 Å². The maximum atomic E-state index is 12.4. The van der Waals surface area contributed by atoms with E-state index in [2.05, 4.69) is 50.4 Å². The molecule has 37 heavy (non-hydrogen) atoms. The molecule has 1 aliphatic carbocycles. The Morgan fingerprint density at radius 3 is 2.46 bits per heavy atom. The molecule has 2 aromatic heterocycles. The number of hydrogen-bond acceptors (Lipinski definition) is 5. The van der Waals surface area contributed by atoms with E-state index in [0.717, 1.165) is 49.9 Å². The second kappa shape index (κ2) is 14.0. The fourth-order valence-corrected chi connectivity index (χ4v) is 5.20. The Morgan fingerprint density at radius 1 is 0.973 bits per heavy atom. The number of benzene rings is 1. The third kappa shape index (κ3) is 8.17. The third-order valence-electron chi connectivity index (χ3n) is 7.39. The number of aryl methyl sites for hydroxylation is 3. The highest BCUT2D eigenvalue weighted by molar-refractivity contribution is 5.94. The summed E-state index contributed by atoms with van der Waals surface area (Å²) in [7, 11) is 0. The Kier molecular flexibility index (Phi) is 10.1. The van der Waals surface area contributed by atoms with Gasteiger partial charge in [-0.3, -0.25) is 9.48 Å². The number of aromatic nitrogens is 5. The lowest BCUT2D eigenvalue weighted by Crippen LogP contribution is -2.27. The largest absolute Gasteiger partial charge is 0.369 e. The molecule has 0 saturated heterocycles. The van der Waals surface area contributed by atoms with Crippen molar-refractivity contribution in [3.8, 4) is 0 Å². The summed E-state index contributed by atoms with van der Waals surface area (Å²) in [5.74, 6) is 0.626. The molecule has 0 atom stereocenters. The van der Waals surface area contributed by atoms with Gasteiger partial charge in [0, 0.05) is 30.5 Å². The molecule has 1 aliphatic rings. The van der Waals surface area contributed by atoms with E-state index >= 15 is 0 Å². The first-order chi connectivity index (χ1) is 18.1. The first kappa shape index (κ1) is 26.9. The van der Waals surface area contributed by atoms with Crippen LogP contribution < -0.4 is 11.1 Å². The predicted molar refractivity (Wildman–Crippen MR) is 147 cm³/mol. The summed E-state index contributed by atoms with van der Waals surface area (Å²) in [6.07, 6.45) is 19.1. The van der Waals surface area contributed by atoms with Crippen molar-refractivity contribution in [2.24, 2.45) is 0 Å². The third-order valence-corrected chi connectivity index (χ3v) is 7.39. The van der Waals surface area contributed by atoms with Crippen LogP contribution in [0.15, 0.2) is 36.7 Å². The van der Waals surface area contributed by atoms with Crippen molar-refractivity contribution in [1.29, 1.82) is 0 Å². The molecule has 1 fully saturated rings. The summed E-state index contributed by atoms with van der Waals surface area (Å²) in [5, 5.41) is 11.5. The number of amides is 1. The number of anilines is 1. The number of nitrogen functional groups attached to an aromatic ring is 1. The lowest BCUT2D eigenvalue weighted by atomic mass is 10.1. The average Bonchev–Trinajstić information content (AvgIpc) is 3.66. The van der Waals surface area contributed by atoms with E-state index in [1.54, 1.807) is 0 Å². The summed E-state index contributed by atoms with van der Waals surface area (Å²) in [4.78, 5) is 17.0. The van der Waals surface area contributed by atoms with Gasteiger partial charge in [0.05, 0.1) is 17.9 Å². The van der Waals surface area contributed by atoms with Crippen LogP contribution in [0.2, 0.25) is 0 Å². The minimum absolute atomic E-state index is 0.0460. The average molecular weight is 506 g/mol. The molecule has 3 N–H and O–H groups in total. The maximum absolute atomic E-state index is 12.4. The summed E-state index contributed by atoms with van der Waals surface area (Å²) in [5.41, 5.74) is 10.2. The lowest BCUT2D eigenvalue weighted by Gasteiger charge is -2.11. The van der Waals surface area contributed by atoms with E-state index in [4.69, 9.17) is 5.73 Å². The molecule has 0 unspecified atom stereocenters. The van der Waals surface area contributed by atoms with Crippen molar-refractivity contribution in [2.75, 3.05) is 12.3 Å². The molecule has 1 saturated carbocycles. The standard InChI is InChI=1S/C29H43N7O/c1-2-3-5-10-23-15-17-24(18-16-23)28(37)31-19-20-35-21-26(33-34-35)12-7-4-6-11-25-22-36(29(30)32-25)27-13-8-9-14-27/h15-18,21-22,27H,2-14,19-20H2,1H3,(H2,30,32)(H,31,37). The number of carbonyl (C=O) groups is 1. The number of imidazole rings is 1. The highest BCUT2D eigenvalue weighted by Gasteiger charge is 2.19. The van der Waals surface area contributed by atoms with Gasteiger partial charge in [-0.25, -0.2) is 4.98 Å². The second-order valence-corrected chi connectivity index (χ2v) is 10.4. The highest BCUT2D eigenvalue weighted by atomic mass is 16.1. The Hall–Kier alpha value is -3.16. The predicted octanol–water partition coefficient (Wildman–Crippen LogP) is 5.29. The van der Waals surface area contributed by atoms with Crippen LogP contribution in [0.1, 0.15) is 104 Å². The molecule has 0 bridgehead atoms. The number of hydrogen-bond donors (Lipinski definition) is 2. The fourth-order valence-electron chi connectivity index (χ4n) is 5.20. The molecule has 200 valence electrons. The van der Waals surface area contributed by atoms with Gasteiger partial charge < -0.3 is 15.6 Å². The number of unbranched alkanes of at least 4 members (excludes halogenated alkanes) is 4. The number of carbonyl (C=O) groups excluding carboxylic acids is 1. The van der Waals surface area contributed by atoms with Gasteiger partial charge in [0.1, 0.15) is 0 Å². The SMILES string of the molecule is CCCCCc1ccc(C(=O)NCCn2cc(CCCCCc3cn(C4CCCC4)c(N)n3)nn2)cc1. The van der Waals surface area contributed by atoms with Crippen molar-refractivity contribution in [3.63, 3.8) is 0 Å². The lowest BCUT2D eigenvalue weighted by molar-refractivity contribution is 0.0952. The van der Waals surface area contributed by atoms with Crippen molar-refractivity contribution in [3.05, 3.63) is 59.2 Å². The van der Waals surface area contributed by atoms with E-state index in [9.17, 15) is 4.79 Å². The molecular weight excluding hydrogens is 462 g/mol. The zero-order valence-corrected chi connectivity index (χ0v) is 22.4. The van der Waals surface area contributed by atoms with Crippen LogP contribution in [-0.2, 0) is 25.8 Å². The molecular formula is C29H43N7O. The second-order valence-electron chi connectivity index (χ2n) is 10.4. The monoisotopic (exact) mass is 505 g/mol. The normalized spacial score (nSPS) is 13.9. The van der Waals surface area contributed by atoms with Crippen molar-refractivity contribution >= 4 is 11.9 Å².